The summed E-state index contributed by atoms with van der Waals surface area (Å²) in [7, 11) is 1.92. The normalized spacial score (nSPS) is 10.6. The summed E-state index contributed by atoms with van der Waals surface area (Å²) in [6, 6.07) is 7.87. The van der Waals surface area contributed by atoms with E-state index < -0.39 is 0 Å². The monoisotopic (exact) mass is 235 g/mol. The Hall–Kier alpha value is -1.32. The fourth-order valence-electron chi connectivity index (χ4n) is 1.56. The molecule has 0 unspecified atom stereocenters. The van der Waals surface area contributed by atoms with Crippen LogP contribution >= 0.6 is 11.6 Å². The third-order valence-electron chi connectivity index (χ3n) is 2.31. The summed E-state index contributed by atoms with van der Waals surface area (Å²) in [6.07, 6.45) is 3.87. The van der Waals surface area contributed by atoms with Crippen molar-refractivity contribution >= 4 is 11.6 Å². The SMILES string of the molecule is Cn1cc(CNCc2cccc(Cl)c2)cn1. The maximum Gasteiger partial charge on any atom is 0.0534 e. The van der Waals surface area contributed by atoms with Crippen LogP contribution in [0.5, 0.6) is 0 Å². The molecule has 0 saturated heterocycles. The molecule has 0 aliphatic carbocycles. The van der Waals surface area contributed by atoms with E-state index in [4.69, 9.17) is 11.6 Å². The third kappa shape index (κ3) is 3.08. The van der Waals surface area contributed by atoms with Gasteiger partial charge in [0.15, 0.2) is 0 Å². The van der Waals surface area contributed by atoms with Crippen LogP contribution in [0.4, 0.5) is 0 Å². The molecule has 2 rings (SSSR count). The van der Waals surface area contributed by atoms with Crippen molar-refractivity contribution < 1.29 is 0 Å². The van der Waals surface area contributed by atoms with Gasteiger partial charge in [0.05, 0.1) is 6.20 Å². The minimum absolute atomic E-state index is 0.778. The molecule has 84 valence electrons. The van der Waals surface area contributed by atoms with E-state index in [1.165, 1.54) is 11.1 Å². The van der Waals surface area contributed by atoms with Gasteiger partial charge in [0.2, 0.25) is 0 Å². The Labute approximate surface area is 100 Å². The summed E-state index contributed by atoms with van der Waals surface area (Å²) in [5.41, 5.74) is 2.38. The van der Waals surface area contributed by atoms with Crippen LogP contribution in [0.25, 0.3) is 0 Å². The lowest BCUT2D eigenvalue weighted by molar-refractivity contribution is 0.692. The second kappa shape index (κ2) is 5.14. The minimum atomic E-state index is 0.778. The molecule has 0 aliphatic heterocycles. The summed E-state index contributed by atoms with van der Waals surface area (Å²) in [6.45, 7) is 1.63. The largest absolute Gasteiger partial charge is 0.309 e. The van der Waals surface area contributed by atoms with E-state index >= 15 is 0 Å². The lowest BCUT2D eigenvalue weighted by Crippen LogP contribution is -2.12. The van der Waals surface area contributed by atoms with Gasteiger partial charge >= 0.3 is 0 Å². The standard InChI is InChI=1S/C12H14ClN3/c1-16-9-11(8-15-16)7-14-6-10-3-2-4-12(13)5-10/h2-5,8-9,14H,6-7H2,1H3. The number of hydrogen-bond donors (Lipinski definition) is 1. The van der Waals surface area contributed by atoms with Gasteiger partial charge in [-0.15, -0.1) is 0 Å². The van der Waals surface area contributed by atoms with Gasteiger partial charge in [-0.2, -0.15) is 5.10 Å². The molecule has 2 aromatic rings. The summed E-state index contributed by atoms with van der Waals surface area (Å²) >= 11 is 5.90. The van der Waals surface area contributed by atoms with E-state index in [0.29, 0.717) is 0 Å². The van der Waals surface area contributed by atoms with Gasteiger partial charge in [-0.25, -0.2) is 0 Å². The average Bonchev–Trinajstić information content (AvgIpc) is 2.64. The number of nitrogens with one attached hydrogen (secondary N) is 1. The van der Waals surface area contributed by atoms with Crippen molar-refractivity contribution in [3.8, 4) is 0 Å². The molecule has 1 aromatic carbocycles. The number of aromatic nitrogens is 2. The van der Waals surface area contributed by atoms with Crippen LogP contribution in [-0.2, 0) is 20.1 Å². The number of nitrogens with zero attached hydrogens (tertiary/aromatic N) is 2. The lowest BCUT2D eigenvalue weighted by atomic mass is 10.2. The Morgan fingerprint density at radius 2 is 2.12 bits per heavy atom. The topological polar surface area (TPSA) is 29.9 Å². The van der Waals surface area contributed by atoms with Crippen LogP contribution in [0.1, 0.15) is 11.1 Å². The Balaban J connectivity index is 1.84. The van der Waals surface area contributed by atoms with Gasteiger partial charge < -0.3 is 5.32 Å². The van der Waals surface area contributed by atoms with Gasteiger partial charge in [0.25, 0.3) is 0 Å². The van der Waals surface area contributed by atoms with Crippen molar-refractivity contribution in [2.75, 3.05) is 0 Å². The van der Waals surface area contributed by atoms with Crippen molar-refractivity contribution in [1.29, 1.82) is 0 Å². The van der Waals surface area contributed by atoms with E-state index in [2.05, 4.69) is 16.5 Å². The molecule has 0 radical (unpaired) electrons. The fraction of sp³-hybridized carbons (Fsp3) is 0.250. The molecule has 0 spiro atoms. The zero-order chi connectivity index (χ0) is 11.4. The smallest absolute Gasteiger partial charge is 0.0534 e. The maximum atomic E-state index is 5.90. The van der Waals surface area contributed by atoms with Crippen LogP contribution in [0.15, 0.2) is 36.7 Å². The van der Waals surface area contributed by atoms with Crippen molar-refractivity contribution in [2.24, 2.45) is 7.05 Å². The molecule has 3 nitrogen and oxygen atoms in total. The zero-order valence-electron chi connectivity index (χ0n) is 9.15. The Morgan fingerprint density at radius 1 is 1.31 bits per heavy atom. The molecule has 0 bridgehead atoms. The molecule has 1 aromatic heterocycles. The van der Waals surface area contributed by atoms with E-state index in [1.807, 2.05) is 37.6 Å². The molecule has 0 saturated carbocycles. The van der Waals surface area contributed by atoms with Crippen LogP contribution in [0.2, 0.25) is 5.02 Å². The van der Waals surface area contributed by atoms with Gasteiger partial charge in [0.1, 0.15) is 0 Å². The Morgan fingerprint density at radius 3 is 2.81 bits per heavy atom. The predicted octanol–water partition coefficient (Wildman–Crippen LogP) is 2.36. The first-order valence-corrected chi connectivity index (χ1v) is 5.54. The van der Waals surface area contributed by atoms with Crippen LogP contribution in [0, 0.1) is 0 Å². The molecular weight excluding hydrogens is 222 g/mol. The number of rotatable bonds is 4. The zero-order valence-corrected chi connectivity index (χ0v) is 9.91. The first kappa shape index (κ1) is 11.2. The average molecular weight is 236 g/mol. The van der Waals surface area contributed by atoms with E-state index in [1.54, 1.807) is 4.68 Å². The molecule has 0 aliphatic rings. The molecule has 1 heterocycles. The first-order valence-electron chi connectivity index (χ1n) is 5.17. The highest BCUT2D eigenvalue weighted by Gasteiger charge is 1.97. The number of aryl methyl sites for hydroxylation is 1. The summed E-state index contributed by atoms with van der Waals surface area (Å²) in [5, 5.41) is 8.24. The Bertz CT molecular complexity index is 465. The van der Waals surface area contributed by atoms with Crippen molar-refractivity contribution in [3.05, 3.63) is 52.8 Å². The highest BCUT2D eigenvalue weighted by atomic mass is 35.5. The van der Waals surface area contributed by atoms with Crippen molar-refractivity contribution in [1.82, 2.24) is 15.1 Å². The molecule has 16 heavy (non-hydrogen) atoms. The van der Waals surface area contributed by atoms with E-state index in [9.17, 15) is 0 Å². The molecule has 0 amide bonds. The van der Waals surface area contributed by atoms with Gasteiger partial charge in [0, 0.05) is 36.9 Å². The van der Waals surface area contributed by atoms with Crippen LogP contribution in [-0.4, -0.2) is 9.78 Å². The second-order valence-corrected chi connectivity index (χ2v) is 4.19. The molecule has 0 atom stereocenters. The quantitative estimate of drug-likeness (QED) is 0.882. The molecule has 0 fully saturated rings. The summed E-state index contributed by atoms with van der Waals surface area (Å²) in [5.74, 6) is 0. The van der Waals surface area contributed by atoms with Crippen molar-refractivity contribution in [2.45, 2.75) is 13.1 Å². The Kier molecular flexibility index (Phi) is 3.59. The number of hydrogen-bond acceptors (Lipinski definition) is 2. The number of benzene rings is 1. The predicted molar refractivity (Wildman–Crippen MR) is 65.2 cm³/mol. The van der Waals surface area contributed by atoms with Gasteiger partial charge in [-0.3, -0.25) is 4.68 Å². The molecular formula is C12H14ClN3. The summed E-state index contributed by atoms with van der Waals surface area (Å²) < 4.78 is 1.80. The van der Waals surface area contributed by atoms with E-state index in [0.717, 1.165) is 18.1 Å². The highest BCUT2D eigenvalue weighted by molar-refractivity contribution is 6.30. The molecule has 4 heteroatoms. The summed E-state index contributed by atoms with van der Waals surface area (Å²) in [4.78, 5) is 0. The van der Waals surface area contributed by atoms with Crippen LogP contribution in [0.3, 0.4) is 0 Å². The third-order valence-corrected chi connectivity index (χ3v) is 2.54. The number of halogens is 1. The van der Waals surface area contributed by atoms with Gasteiger partial charge in [-0.05, 0) is 17.7 Å². The van der Waals surface area contributed by atoms with Gasteiger partial charge in [-0.1, -0.05) is 23.7 Å². The lowest BCUT2D eigenvalue weighted by Gasteiger charge is -2.03. The highest BCUT2D eigenvalue weighted by Crippen LogP contribution is 2.10. The molecule has 1 N–H and O–H groups in total. The second-order valence-electron chi connectivity index (χ2n) is 3.76. The fourth-order valence-corrected chi connectivity index (χ4v) is 1.77. The maximum absolute atomic E-state index is 5.90. The first-order chi connectivity index (χ1) is 7.74. The van der Waals surface area contributed by atoms with Crippen LogP contribution < -0.4 is 5.32 Å². The van der Waals surface area contributed by atoms with Crippen molar-refractivity contribution in [3.63, 3.8) is 0 Å². The van der Waals surface area contributed by atoms with E-state index in [-0.39, 0.29) is 0 Å². The minimum Gasteiger partial charge on any atom is -0.309 e.